The minimum atomic E-state index is 0.138. The topological polar surface area (TPSA) is 43.8 Å². The molecule has 4 heteroatoms. The lowest BCUT2D eigenvalue weighted by Crippen LogP contribution is -2.43. The molecular weight excluding hydrogens is 276 g/mol. The highest BCUT2D eigenvalue weighted by Gasteiger charge is 2.30. The molecule has 2 fully saturated rings. The molecule has 1 aromatic rings. The van der Waals surface area contributed by atoms with Crippen molar-refractivity contribution in [1.82, 2.24) is 9.80 Å². The number of aromatic hydroxyl groups is 1. The molecule has 2 heterocycles. The highest BCUT2D eigenvalue weighted by molar-refractivity contribution is 5.79. The first-order valence-electron chi connectivity index (χ1n) is 8.43. The minimum Gasteiger partial charge on any atom is -0.508 e. The molecule has 0 aromatic heterocycles. The summed E-state index contributed by atoms with van der Waals surface area (Å²) in [5.41, 5.74) is 2.13. The van der Waals surface area contributed by atoms with Crippen LogP contribution in [0.2, 0.25) is 0 Å². The molecule has 0 radical (unpaired) electrons. The van der Waals surface area contributed by atoms with E-state index in [1.165, 1.54) is 0 Å². The summed E-state index contributed by atoms with van der Waals surface area (Å²) in [6.45, 7) is 6.48. The minimum absolute atomic E-state index is 0.138. The fraction of sp³-hybridized carbons (Fsp3) is 0.611. The second kappa shape index (κ2) is 6.69. The highest BCUT2D eigenvalue weighted by atomic mass is 16.3. The van der Waals surface area contributed by atoms with E-state index in [4.69, 9.17) is 0 Å². The zero-order chi connectivity index (χ0) is 15.5. The molecule has 2 saturated heterocycles. The summed E-state index contributed by atoms with van der Waals surface area (Å²) in [5, 5.41) is 10.0. The first-order chi connectivity index (χ1) is 10.6. The van der Waals surface area contributed by atoms with E-state index >= 15 is 0 Å². The highest BCUT2D eigenvalue weighted by Crippen LogP contribution is 2.25. The van der Waals surface area contributed by atoms with E-state index in [1.54, 1.807) is 6.07 Å². The van der Waals surface area contributed by atoms with Crippen LogP contribution in [0.5, 0.6) is 5.75 Å². The van der Waals surface area contributed by atoms with E-state index < -0.39 is 0 Å². The third-order valence-corrected chi connectivity index (χ3v) is 4.90. The van der Waals surface area contributed by atoms with E-state index in [9.17, 15) is 9.90 Å². The SMILES string of the molecule is Cc1ccc(O)c(CN2CCC[C@H](C(=O)N3CCCC3)C2)c1. The van der Waals surface area contributed by atoms with Crippen LogP contribution >= 0.6 is 0 Å². The quantitative estimate of drug-likeness (QED) is 0.933. The van der Waals surface area contributed by atoms with Gasteiger partial charge in [0.2, 0.25) is 5.91 Å². The fourth-order valence-corrected chi connectivity index (χ4v) is 3.68. The molecular formula is C18H26N2O2. The van der Waals surface area contributed by atoms with Crippen molar-refractivity contribution in [3.63, 3.8) is 0 Å². The molecule has 0 saturated carbocycles. The Morgan fingerprint density at radius 1 is 1.23 bits per heavy atom. The lowest BCUT2D eigenvalue weighted by molar-refractivity contribution is -0.136. The lowest BCUT2D eigenvalue weighted by atomic mass is 9.96. The number of benzene rings is 1. The number of phenols is 1. The third kappa shape index (κ3) is 3.43. The monoisotopic (exact) mass is 302 g/mol. The molecule has 2 aliphatic rings. The Morgan fingerprint density at radius 3 is 2.77 bits per heavy atom. The molecule has 3 rings (SSSR count). The number of phenolic OH excluding ortho intramolecular Hbond substituents is 1. The number of likely N-dealkylation sites (tertiary alicyclic amines) is 2. The molecule has 120 valence electrons. The number of carbonyl (C=O) groups is 1. The van der Waals surface area contributed by atoms with Crippen molar-refractivity contribution < 1.29 is 9.90 Å². The van der Waals surface area contributed by atoms with Crippen molar-refractivity contribution in [1.29, 1.82) is 0 Å². The second-order valence-electron chi connectivity index (χ2n) is 6.74. The van der Waals surface area contributed by atoms with Crippen LogP contribution < -0.4 is 0 Å². The van der Waals surface area contributed by atoms with Crippen molar-refractivity contribution >= 4 is 5.91 Å². The third-order valence-electron chi connectivity index (χ3n) is 4.90. The molecule has 22 heavy (non-hydrogen) atoms. The molecule has 2 aliphatic heterocycles. The maximum atomic E-state index is 12.6. The zero-order valence-electron chi connectivity index (χ0n) is 13.4. The first kappa shape index (κ1) is 15.3. The average Bonchev–Trinajstić information content (AvgIpc) is 3.05. The van der Waals surface area contributed by atoms with Crippen LogP contribution in [0.15, 0.2) is 18.2 Å². The molecule has 1 N–H and O–H groups in total. The number of hydrogen-bond acceptors (Lipinski definition) is 3. The van der Waals surface area contributed by atoms with Gasteiger partial charge in [-0.1, -0.05) is 17.7 Å². The Bertz CT molecular complexity index is 538. The summed E-state index contributed by atoms with van der Waals surface area (Å²) in [7, 11) is 0. The van der Waals surface area contributed by atoms with Gasteiger partial charge in [0.15, 0.2) is 0 Å². The van der Waals surface area contributed by atoms with Crippen LogP contribution in [0.1, 0.15) is 36.8 Å². The molecule has 1 atom stereocenters. The average molecular weight is 302 g/mol. The molecule has 0 unspecified atom stereocenters. The van der Waals surface area contributed by atoms with Gasteiger partial charge in [0.05, 0.1) is 5.92 Å². The number of nitrogens with zero attached hydrogens (tertiary/aromatic N) is 2. The van der Waals surface area contributed by atoms with Crippen LogP contribution in [0, 0.1) is 12.8 Å². The largest absolute Gasteiger partial charge is 0.508 e. The summed E-state index contributed by atoms with van der Waals surface area (Å²) in [6, 6.07) is 5.73. The number of amides is 1. The van der Waals surface area contributed by atoms with Gasteiger partial charge in [0, 0.05) is 31.7 Å². The summed E-state index contributed by atoms with van der Waals surface area (Å²) in [5.74, 6) is 0.841. The molecule has 0 bridgehead atoms. The summed E-state index contributed by atoms with van der Waals surface area (Å²) < 4.78 is 0. The van der Waals surface area contributed by atoms with Crippen molar-refractivity contribution in [2.45, 2.75) is 39.2 Å². The number of piperidine rings is 1. The maximum absolute atomic E-state index is 12.6. The summed E-state index contributed by atoms with van der Waals surface area (Å²) in [4.78, 5) is 16.9. The predicted molar refractivity (Wildman–Crippen MR) is 86.7 cm³/mol. The van der Waals surface area contributed by atoms with Crippen LogP contribution in [0.3, 0.4) is 0 Å². The maximum Gasteiger partial charge on any atom is 0.226 e. The van der Waals surface area contributed by atoms with Gasteiger partial charge in [-0.2, -0.15) is 0 Å². The van der Waals surface area contributed by atoms with Gasteiger partial charge in [-0.15, -0.1) is 0 Å². The van der Waals surface area contributed by atoms with Gasteiger partial charge in [0.25, 0.3) is 0 Å². The summed E-state index contributed by atoms with van der Waals surface area (Å²) in [6.07, 6.45) is 4.38. The summed E-state index contributed by atoms with van der Waals surface area (Å²) >= 11 is 0. The lowest BCUT2D eigenvalue weighted by Gasteiger charge is -2.34. The van der Waals surface area contributed by atoms with Gasteiger partial charge in [-0.3, -0.25) is 9.69 Å². The van der Waals surface area contributed by atoms with Gasteiger partial charge < -0.3 is 10.0 Å². The Balaban J connectivity index is 1.62. The van der Waals surface area contributed by atoms with E-state index in [0.717, 1.165) is 69.5 Å². The molecule has 4 nitrogen and oxygen atoms in total. The Hall–Kier alpha value is -1.55. The number of carbonyl (C=O) groups excluding carboxylic acids is 1. The fourth-order valence-electron chi connectivity index (χ4n) is 3.68. The van der Waals surface area contributed by atoms with Crippen LogP contribution in [0.4, 0.5) is 0 Å². The molecule has 0 spiro atoms. The van der Waals surface area contributed by atoms with Crippen LogP contribution in [0.25, 0.3) is 0 Å². The van der Waals surface area contributed by atoms with Gasteiger partial charge in [0.1, 0.15) is 5.75 Å². The normalized spacial score (nSPS) is 23.0. The van der Waals surface area contributed by atoms with E-state index in [-0.39, 0.29) is 5.92 Å². The predicted octanol–water partition coefficient (Wildman–Crippen LogP) is 2.54. The van der Waals surface area contributed by atoms with Crippen molar-refractivity contribution in [3.8, 4) is 5.75 Å². The van der Waals surface area contributed by atoms with Crippen LogP contribution in [-0.2, 0) is 11.3 Å². The van der Waals surface area contributed by atoms with Gasteiger partial charge >= 0.3 is 0 Å². The van der Waals surface area contributed by atoms with E-state index in [0.29, 0.717) is 11.7 Å². The molecule has 0 aliphatic carbocycles. The van der Waals surface area contributed by atoms with Gasteiger partial charge in [-0.05, 0) is 45.2 Å². The second-order valence-corrected chi connectivity index (χ2v) is 6.74. The Kier molecular flexibility index (Phi) is 4.67. The number of hydrogen-bond donors (Lipinski definition) is 1. The standard InChI is InChI=1S/C18H26N2O2/c1-14-6-7-17(21)16(11-14)13-19-8-4-5-15(12-19)18(22)20-9-2-3-10-20/h6-7,11,15,21H,2-5,8-10,12-13H2,1H3/t15-/m0/s1. The Morgan fingerprint density at radius 2 is 2.00 bits per heavy atom. The van der Waals surface area contributed by atoms with E-state index in [1.807, 2.05) is 24.0 Å². The smallest absolute Gasteiger partial charge is 0.226 e. The van der Waals surface area contributed by atoms with Crippen molar-refractivity contribution in [2.75, 3.05) is 26.2 Å². The van der Waals surface area contributed by atoms with Crippen molar-refractivity contribution in [3.05, 3.63) is 29.3 Å². The molecule has 1 amide bonds. The number of rotatable bonds is 3. The van der Waals surface area contributed by atoms with E-state index in [2.05, 4.69) is 4.90 Å². The van der Waals surface area contributed by atoms with Crippen LogP contribution in [-0.4, -0.2) is 47.0 Å². The number of aryl methyl sites for hydroxylation is 1. The van der Waals surface area contributed by atoms with Gasteiger partial charge in [-0.25, -0.2) is 0 Å². The Labute approximate surface area is 132 Å². The van der Waals surface area contributed by atoms with Crippen molar-refractivity contribution in [2.24, 2.45) is 5.92 Å². The zero-order valence-corrected chi connectivity index (χ0v) is 13.4. The molecule has 1 aromatic carbocycles. The first-order valence-corrected chi connectivity index (χ1v) is 8.43.